The van der Waals surface area contributed by atoms with Crippen molar-refractivity contribution in [3.05, 3.63) is 59.7 Å². The van der Waals surface area contributed by atoms with Gasteiger partial charge < -0.3 is 9.84 Å². The molecule has 2 heterocycles. The van der Waals surface area contributed by atoms with Gasteiger partial charge in [-0.25, -0.2) is 0 Å². The van der Waals surface area contributed by atoms with E-state index in [0.717, 1.165) is 29.6 Å². The fraction of sp³-hybridized carbons (Fsp3) is 0.286. The molecule has 0 unspecified atom stereocenters. The van der Waals surface area contributed by atoms with E-state index in [1.54, 1.807) is 16.7 Å². The van der Waals surface area contributed by atoms with Crippen LogP contribution < -0.4 is 0 Å². The zero-order valence-corrected chi connectivity index (χ0v) is 15.7. The van der Waals surface area contributed by atoms with Crippen molar-refractivity contribution in [2.75, 3.05) is 26.3 Å². The van der Waals surface area contributed by atoms with Crippen molar-refractivity contribution in [1.29, 1.82) is 0 Å². The second kappa shape index (κ2) is 7.92. The molecule has 3 aromatic rings. The summed E-state index contributed by atoms with van der Waals surface area (Å²) < 4.78 is 7.19. The normalized spacial score (nSPS) is 15.5. The highest BCUT2D eigenvalue weighted by molar-refractivity contribution is 5.97. The first-order chi connectivity index (χ1) is 13.6. The maximum Gasteiger partial charge on any atom is 0.295 e. The van der Waals surface area contributed by atoms with Gasteiger partial charge in [-0.15, -0.1) is 10.2 Å². The maximum atomic E-state index is 12.4. The van der Waals surface area contributed by atoms with Crippen LogP contribution >= 0.6 is 0 Å². The minimum atomic E-state index is -0.437. The molecule has 0 aliphatic carbocycles. The van der Waals surface area contributed by atoms with Gasteiger partial charge in [0.15, 0.2) is 5.69 Å². The first kappa shape index (κ1) is 18.3. The molecule has 0 bridgehead atoms. The summed E-state index contributed by atoms with van der Waals surface area (Å²) in [6.07, 6.45) is 0. The van der Waals surface area contributed by atoms with Gasteiger partial charge in [0.2, 0.25) is 5.88 Å². The Hall–Kier alpha value is -3.03. The fourth-order valence-electron chi connectivity index (χ4n) is 3.39. The van der Waals surface area contributed by atoms with Gasteiger partial charge in [0.1, 0.15) is 0 Å². The number of morpholine rings is 1. The minimum Gasteiger partial charge on any atom is -0.493 e. The maximum absolute atomic E-state index is 12.4. The van der Waals surface area contributed by atoms with E-state index in [-0.39, 0.29) is 5.88 Å². The predicted octanol–water partition coefficient (Wildman–Crippen LogP) is 3.87. The molecule has 28 heavy (non-hydrogen) atoms. The third-order valence-electron chi connectivity index (χ3n) is 4.87. The molecule has 0 atom stereocenters. The number of amides is 1. The highest BCUT2D eigenvalue weighted by atomic mass is 16.5. The summed E-state index contributed by atoms with van der Waals surface area (Å²) in [6, 6.07) is 14.8. The Morgan fingerprint density at radius 1 is 1.14 bits per heavy atom. The number of hydrogen-bond acceptors (Lipinski definition) is 5. The SMILES string of the molecule is Cc1cccc(C(=O)N=Nc2c(O)n(CN3CCOCC3)c3ccccc23)c1. The summed E-state index contributed by atoms with van der Waals surface area (Å²) in [7, 11) is 0. The predicted molar refractivity (Wildman–Crippen MR) is 106 cm³/mol. The van der Waals surface area contributed by atoms with Crippen molar-refractivity contribution < 1.29 is 14.6 Å². The zero-order valence-electron chi connectivity index (χ0n) is 15.7. The molecule has 0 spiro atoms. The van der Waals surface area contributed by atoms with Crippen LogP contribution in [0.4, 0.5) is 5.69 Å². The highest BCUT2D eigenvalue weighted by Crippen LogP contribution is 2.39. The van der Waals surface area contributed by atoms with Crippen LogP contribution in [0.15, 0.2) is 58.8 Å². The van der Waals surface area contributed by atoms with E-state index in [1.807, 2.05) is 43.3 Å². The van der Waals surface area contributed by atoms with Crippen molar-refractivity contribution >= 4 is 22.5 Å². The average molecular weight is 378 g/mol. The summed E-state index contributed by atoms with van der Waals surface area (Å²) in [5.41, 5.74) is 2.61. The molecule has 4 rings (SSSR count). The van der Waals surface area contributed by atoms with Crippen LogP contribution in [0.1, 0.15) is 15.9 Å². The largest absolute Gasteiger partial charge is 0.493 e. The van der Waals surface area contributed by atoms with E-state index >= 15 is 0 Å². The topological polar surface area (TPSA) is 79.4 Å². The molecule has 0 radical (unpaired) electrons. The molecule has 1 N–H and O–H groups in total. The van der Waals surface area contributed by atoms with Crippen molar-refractivity contribution in [3.8, 4) is 5.88 Å². The van der Waals surface area contributed by atoms with E-state index in [4.69, 9.17) is 4.74 Å². The Bertz CT molecular complexity index is 1040. The number of ether oxygens (including phenoxy) is 1. The van der Waals surface area contributed by atoms with Crippen molar-refractivity contribution in [2.45, 2.75) is 13.6 Å². The second-order valence-corrected chi connectivity index (χ2v) is 6.86. The lowest BCUT2D eigenvalue weighted by Crippen LogP contribution is -2.37. The standard InChI is InChI=1S/C21H22N4O3/c1-15-5-4-6-16(13-15)20(26)23-22-19-17-7-2-3-8-18(17)25(21(19)27)14-24-9-11-28-12-10-24/h2-8,13,27H,9-12,14H2,1H3. The second-order valence-electron chi connectivity index (χ2n) is 6.86. The van der Waals surface area contributed by atoms with Gasteiger partial charge in [-0.2, -0.15) is 0 Å². The number of aromatic nitrogens is 1. The van der Waals surface area contributed by atoms with Crippen molar-refractivity contribution in [1.82, 2.24) is 9.47 Å². The van der Waals surface area contributed by atoms with Crippen LogP contribution in [-0.4, -0.2) is 46.8 Å². The van der Waals surface area contributed by atoms with Crippen LogP contribution in [0.25, 0.3) is 10.9 Å². The summed E-state index contributed by atoms with van der Waals surface area (Å²) in [5, 5.41) is 19.5. The number of carbonyl (C=O) groups is 1. The van der Waals surface area contributed by atoms with E-state index in [2.05, 4.69) is 15.1 Å². The lowest BCUT2D eigenvalue weighted by Gasteiger charge is -2.27. The molecule has 7 nitrogen and oxygen atoms in total. The molecule has 1 aromatic heterocycles. The van der Waals surface area contributed by atoms with Crippen LogP contribution in [0.5, 0.6) is 5.88 Å². The van der Waals surface area contributed by atoms with Crippen LogP contribution in [0, 0.1) is 6.92 Å². The lowest BCUT2D eigenvalue weighted by molar-refractivity contribution is 0.0231. The molecule has 1 saturated heterocycles. The van der Waals surface area contributed by atoms with Gasteiger partial charge in [0.05, 0.1) is 25.4 Å². The number of aryl methyl sites for hydroxylation is 1. The molecule has 7 heteroatoms. The first-order valence-corrected chi connectivity index (χ1v) is 9.26. The smallest absolute Gasteiger partial charge is 0.295 e. The molecule has 1 aliphatic heterocycles. The number of benzene rings is 2. The van der Waals surface area contributed by atoms with Gasteiger partial charge in [-0.05, 0) is 25.1 Å². The monoisotopic (exact) mass is 378 g/mol. The first-order valence-electron chi connectivity index (χ1n) is 9.26. The Morgan fingerprint density at radius 2 is 1.93 bits per heavy atom. The fourth-order valence-corrected chi connectivity index (χ4v) is 3.39. The van der Waals surface area contributed by atoms with Gasteiger partial charge in [-0.1, -0.05) is 35.9 Å². The quantitative estimate of drug-likeness (QED) is 0.699. The van der Waals surface area contributed by atoms with E-state index in [1.165, 1.54) is 0 Å². The zero-order chi connectivity index (χ0) is 19.5. The third-order valence-corrected chi connectivity index (χ3v) is 4.87. The molecule has 1 aliphatic rings. The molecular formula is C21H22N4O3. The number of azo groups is 1. The lowest BCUT2D eigenvalue weighted by atomic mass is 10.1. The van der Waals surface area contributed by atoms with Crippen LogP contribution in [0.2, 0.25) is 0 Å². The van der Waals surface area contributed by atoms with Gasteiger partial charge in [0.25, 0.3) is 5.91 Å². The molecule has 1 fully saturated rings. The Kier molecular flexibility index (Phi) is 5.18. The van der Waals surface area contributed by atoms with Crippen LogP contribution in [0.3, 0.4) is 0 Å². The highest BCUT2D eigenvalue weighted by Gasteiger charge is 2.20. The number of rotatable bonds is 4. The number of carbonyl (C=O) groups excluding carboxylic acids is 1. The number of fused-ring (bicyclic) bond motifs is 1. The molecule has 0 saturated carbocycles. The van der Waals surface area contributed by atoms with Crippen LogP contribution in [-0.2, 0) is 11.4 Å². The molecular weight excluding hydrogens is 356 g/mol. The molecule has 144 valence electrons. The Balaban J connectivity index is 1.67. The van der Waals surface area contributed by atoms with Gasteiger partial charge in [0, 0.05) is 24.0 Å². The summed E-state index contributed by atoms with van der Waals surface area (Å²) in [4.78, 5) is 14.6. The Labute approximate surface area is 162 Å². The number of nitrogens with zero attached hydrogens (tertiary/aromatic N) is 4. The van der Waals surface area contributed by atoms with Gasteiger partial charge >= 0.3 is 0 Å². The van der Waals surface area contributed by atoms with E-state index < -0.39 is 5.91 Å². The molecule has 1 amide bonds. The van der Waals surface area contributed by atoms with Gasteiger partial charge in [-0.3, -0.25) is 14.3 Å². The number of para-hydroxylation sites is 1. The average Bonchev–Trinajstić information content (AvgIpc) is 2.98. The summed E-state index contributed by atoms with van der Waals surface area (Å²) >= 11 is 0. The molecule has 2 aromatic carbocycles. The van der Waals surface area contributed by atoms with E-state index in [9.17, 15) is 9.90 Å². The minimum absolute atomic E-state index is 0.00786. The Morgan fingerprint density at radius 3 is 2.71 bits per heavy atom. The van der Waals surface area contributed by atoms with Crippen molar-refractivity contribution in [3.63, 3.8) is 0 Å². The number of hydrogen-bond donors (Lipinski definition) is 1. The third kappa shape index (κ3) is 3.67. The van der Waals surface area contributed by atoms with E-state index in [0.29, 0.717) is 31.1 Å². The van der Waals surface area contributed by atoms with Crippen molar-refractivity contribution in [2.24, 2.45) is 10.2 Å². The summed E-state index contributed by atoms with van der Waals surface area (Å²) in [5.74, 6) is -0.429. The number of aromatic hydroxyl groups is 1. The summed E-state index contributed by atoms with van der Waals surface area (Å²) in [6.45, 7) is 5.40.